The zero-order chi connectivity index (χ0) is 12.8. The lowest BCUT2D eigenvalue weighted by Gasteiger charge is -2.34. The summed E-state index contributed by atoms with van der Waals surface area (Å²) in [4.78, 5) is 2.50. The van der Waals surface area contributed by atoms with E-state index in [1.807, 2.05) is 6.92 Å². The monoisotopic (exact) mass is 248 g/mol. The summed E-state index contributed by atoms with van der Waals surface area (Å²) >= 11 is 0. The fourth-order valence-electron chi connectivity index (χ4n) is 2.63. The van der Waals surface area contributed by atoms with Gasteiger partial charge in [0.25, 0.3) is 0 Å². The lowest BCUT2D eigenvalue weighted by atomic mass is 10.0. The van der Waals surface area contributed by atoms with Crippen LogP contribution in [-0.4, -0.2) is 41.8 Å². The highest BCUT2D eigenvalue weighted by atomic mass is 16.3. The Hall–Kier alpha value is -0.900. The van der Waals surface area contributed by atoms with Crippen molar-refractivity contribution in [3.63, 3.8) is 0 Å². The molecule has 0 unspecified atom stereocenters. The maximum atomic E-state index is 9.09. The number of rotatable bonds is 5. The third-order valence-electron chi connectivity index (χ3n) is 3.55. The molecule has 3 nitrogen and oxygen atoms in total. The number of benzene rings is 1. The van der Waals surface area contributed by atoms with E-state index in [9.17, 15) is 0 Å². The van der Waals surface area contributed by atoms with Gasteiger partial charge in [0, 0.05) is 25.2 Å². The Bertz CT molecular complexity index is 342. The van der Waals surface area contributed by atoms with Gasteiger partial charge < -0.3 is 10.4 Å². The average molecular weight is 248 g/mol. The predicted octanol–water partition coefficient (Wildman–Crippen LogP) is 1.62. The van der Waals surface area contributed by atoms with Gasteiger partial charge in [0.1, 0.15) is 0 Å². The lowest BCUT2D eigenvalue weighted by Crippen LogP contribution is -2.48. The summed E-state index contributed by atoms with van der Waals surface area (Å²) in [6.45, 7) is 5.55. The Morgan fingerprint density at radius 2 is 2.17 bits per heavy atom. The van der Waals surface area contributed by atoms with Crippen LogP contribution in [-0.2, 0) is 6.54 Å². The van der Waals surface area contributed by atoms with E-state index in [-0.39, 0.29) is 12.6 Å². The maximum Gasteiger partial charge on any atom is 0.0582 e. The molecule has 1 fully saturated rings. The van der Waals surface area contributed by atoms with Crippen LogP contribution in [0, 0.1) is 0 Å². The average Bonchev–Trinajstić information content (AvgIpc) is 2.40. The van der Waals surface area contributed by atoms with E-state index in [0.29, 0.717) is 6.04 Å². The minimum atomic E-state index is 0.201. The van der Waals surface area contributed by atoms with Crippen LogP contribution >= 0.6 is 0 Å². The highest BCUT2D eigenvalue weighted by molar-refractivity contribution is 5.14. The van der Waals surface area contributed by atoms with Gasteiger partial charge in [-0.15, -0.1) is 0 Å². The number of aliphatic hydroxyl groups is 1. The third-order valence-corrected chi connectivity index (χ3v) is 3.55. The standard InChI is InChI=1S/C15H24N2O/c1-13(12-18)16-15-8-5-9-17(11-15)10-14-6-3-2-4-7-14/h2-4,6-7,13,15-16,18H,5,8-12H2,1H3/t13-,15-/m1/s1. The third kappa shape index (κ3) is 4.09. The molecule has 0 amide bonds. The number of hydrogen-bond donors (Lipinski definition) is 2. The van der Waals surface area contributed by atoms with Crippen LogP contribution in [0.15, 0.2) is 30.3 Å². The molecule has 0 aromatic heterocycles. The zero-order valence-electron chi connectivity index (χ0n) is 11.2. The fraction of sp³-hybridized carbons (Fsp3) is 0.600. The SMILES string of the molecule is C[C@H](CO)N[C@@H]1CCCN(Cc2ccccc2)C1. The van der Waals surface area contributed by atoms with E-state index in [1.165, 1.54) is 24.9 Å². The van der Waals surface area contributed by atoms with Crippen LogP contribution < -0.4 is 5.32 Å². The molecule has 100 valence electrons. The molecule has 0 saturated carbocycles. The van der Waals surface area contributed by atoms with Crippen LogP contribution in [0.2, 0.25) is 0 Å². The van der Waals surface area contributed by atoms with Crippen molar-refractivity contribution < 1.29 is 5.11 Å². The quantitative estimate of drug-likeness (QED) is 0.831. The number of likely N-dealkylation sites (tertiary alicyclic amines) is 1. The van der Waals surface area contributed by atoms with Gasteiger partial charge in [0.2, 0.25) is 0 Å². The molecule has 1 aromatic rings. The summed E-state index contributed by atoms with van der Waals surface area (Å²) in [5.74, 6) is 0. The van der Waals surface area contributed by atoms with Crippen molar-refractivity contribution in [3.05, 3.63) is 35.9 Å². The molecule has 2 rings (SSSR count). The van der Waals surface area contributed by atoms with Crippen LogP contribution in [0.5, 0.6) is 0 Å². The first-order valence-electron chi connectivity index (χ1n) is 6.91. The first kappa shape index (κ1) is 13.5. The smallest absolute Gasteiger partial charge is 0.0582 e. The molecule has 0 aliphatic carbocycles. The molecule has 0 radical (unpaired) electrons. The fourth-order valence-corrected chi connectivity index (χ4v) is 2.63. The molecule has 1 aliphatic rings. The van der Waals surface area contributed by atoms with E-state index < -0.39 is 0 Å². The lowest BCUT2D eigenvalue weighted by molar-refractivity contribution is 0.162. The first-order valence-corrected chi connectivity index (χ1v) is 6.91. The van der Waals surface area contributed by atoms with Gasteiger partial charge in [-0.05, 0) is 31.9 Å². The van der Waals surface area contributed by atoms with Crippen molar-refractivity contribution in [1.29, 1.82) is 0 Å². The number of nitrogens with zero attached hydrogens (tertiary/aromatic N) is 1. The van der Waals surface area contributed by atoms with Crippen molar-refractivity contribution in [1.82, 2.24) is 10.2 Å². The second-order valence-electron chi connectivity index (χ2n) is 5.31. The van der Waals surface area contributed by atoms with Gasteiger partial charge >= 0.3 is 0 Å². The minimum Gasteiger partial charge on any atom is -0.395 e. The highest BCUT2D eigenvalue weighted by Gasteiger charge is 2.20. The van der Waals surface area contributed by atoms with E-state index in [1.54, 1.807) is 0 Å². The number of nitrogens with one attached hydrogen (secondary N) is 1. The zero-order valence-corrected chi connectivity index (χ0v) is 11.2. The maximum absolute atomic E-state index is 9.09. The molecule has 1 saturated heterocycles. The molecule has 18 heavy (non-hydrogen) atoms. The summed E-state index contributed by atoms with van der Waals surface area (Å²) in [7, 11) is 0. The van der Waals surface area contributed by atoms with Crippen LogP contribution in [0.1, 0.15) is 25.3 Å². The molecular formula is C15H24N2O. The van der Waals surface area contributed by atoms with Gasteiger partial charge in [-0.3, -0.25) is 4.90 Å². The van der Waals surface area contributed by atoms with E-state index >= 15 is 0 Å². The number of hydrogen-bond acceptors (Lipinski definition) is 3. The van der Waals surface area contributed by atoms with Gasteiger partial charge in [-0.1, -0.05) is 30.3 Å². The topological polar surface area (TPSA) is 35.5 Å². The van der Waals surface area contributed by atoms with Gasteiger partial charge in [0.05, 0.1) is 6.61 Å². The Balaban J connectivity index is 1.83. The molecule has 0 bridgehead atoms. The predicted molar refractivity (Wildman–Crippen MR) is 74.4 cm³/mol. The minimum absolute atomic E-state index is 0.201. The number of piperidine rings is 1. The Kier molecular flexibility index (Phi) is 5.17. The van der Waals surface area contributed by atoms with Crippen molar-refractivity contribution >= 4 is 0 Å². The first-order chi connectivity index (χ1) is 8.78. The van der Waals surface area contributed by atoms with Crippen molar-refractivity contribution in [3.8, 4) is 0 Å². The Labute approximate surface area is 110 Å². The van der Waals surface area contributed by atoms with Gasteiger partial charge in [-0.2, -0.15) is 0 Å². The van der Waals surface area contributed by atoms with E-state index in [0.717, 1.165) is 13.1 Å². The van der Waals surface area contributed by atoms with Crippen LogP contribution in [0.3, 0.4) is 0 Å². The molecule has 1 aliphatic heterocycles. The summed E-state index contributed by atoms with van der Waals surface area (Å²) in [5.41, 5.74) is 1.38. The molecule has 2 atom stereocenters. The molecule has 2 N–H and O–H groups in total. The van der Waals surface area contributed by atoms with Gasteiger partial charge in [0.15, 0.2) is 0 Å². The summed E-state index contributed by atoms with van der Waals surface area (Å²) in [6, 6.07) is 11.4. The van der Waals surface area contributed by atoms with Crippen molar-refractivity contribution in [2.24, 2.45) is 0 Å². The molecule has 1 aromatic carbocycles. The molecule has 3 heteroatoms. The van der Waals surface area contributed by atoms with E-state index in [4.69, 9.17) is 5.11 Å². The normalized spacial score (nSPS) is 22.9. The summed E-state index contributed by atoms with van der Waals surface area (Å²) < 4.78 is 0. The van der Waals surface area contributed by atoms with Crippen molar-refractivity contribution in [2.75, 3.05) is 19.7 Å². The van der Waals surface area contributed by atoms with Crippen LogP contribution in [0.4, 0.5) is 0 Å². The summed E-state index contributed by atoms with van der Waals surface area (Å²) in [6.07, 6.45) is 2.46. The molecular weight excluding hydrogens is 224 g/mol. The Morgan fingerprint density at radius 3 is 2.89 bits per heavy atom. The molecule has 1 heterocycles. The largest absolute Gasteiger partial charge is 0.395 e. The Morgan fingerprint density at radius 1 is 1.39 bits per heavy atom. The summed E-state index contributed by atoms with van der Waals surface area (Å²) in [5, 5.41) is 12.6. The number of aliphatic hydroxyl groups excluding tert-OH is 1. The second-order valence-corrected chi connectivity index (χ2v) is 5.31. The van der Waals surface area contributed by atoms with Crippen LogP contribution in [0.25, 0.3) is 0 Å². The molecule has 0 spiro atoms. The highest BCUT2D eigenvalue weighted by Crippen LogP contribution is 2.14. The second kappa shape index (κ2) is 6.88. The van der Waals surface area contributed by atoms with Crippen molar-refractivity contribution in [2.45, 2.75) is 38.4 Å². The van der Waals surface area contributed by atoms with E-state index in [2.05, 4.69) is 40.5 Å². The van der Waals surface area contributed by atoms with Gasteiger partial charge in [-0.25, -0.2) is 0 Å².